The predicted molar refractivity (Wildman–Crippen MR) is 103 cm³/mol. The highest BCUT2D eigenvalue weighted by atomic mass is 32.2. The first-order valence-corrected chi connectivity index (χ1v) is 10.7. The lowest BCUT2D eigenvalue weighted by molar-refractivity contribution is -0.320. The zero-order valence-corrected chi connectivity index (χ0v) is 16.1. The van der Waals surface area contributed by atoms with Crippen LogP contribution < -0.4 is 4.74 Å². The summed E-state index contributed by atoms with van der Waals surface area (Å²) in [5, 5.41) is 0.453. The standard InChI is InChI=1S/C20H21N3O4S/c24-28(19-22-17-4-1-2-5-18(17)23-19)13-14-10-15(6-9-21-14)27-16-11-25-20(26-12-16)7-3-8-20/h1-2,4-6,9-10,16H,3,7-8,11-13H2,(H,22,23). The van der Waals surface area contributed by atoms with Gasteiger partial charge < -0.3 is 19.2 Å². The van der Waals surface area contributed by atoms with E-state index >= 15 is 0 Å². The maximum Gasteiger partial charge on any atom is 0.197 e. The minimum absolute atomic E-state index is 0.151. The summed E-state index contributed by atoms with van der Waals surface area (Å²) in [4.78, 5) is 11.8. The fourth-order valence-electron chi connectivity index (χ4n) is 3.44. The molecule has 3 heterocycles. The van der Waals surface area contributed by atoms with E-state index in [-0.39, 0.29) is 17.6 Å². The summed E-state index contributed by atoms with van der Waals surface area (Å²) in [6.45, 7) is 1.03. The monoisotopic (exact) mass is 399 g/mol. The first kappa shape index (κ1) is 17.8. The molecule has 1 aliphatic heterocycles. The number of nitrogens with zero attached hydrogens (tertiary/aromatic N) is 2. The number of fused-ring (bicyclic) bond motifs is 1. The number of para-hydroxylation sites is 2. The second-order valence-electron chi connectivity index (χ2n) is 7.16. The predicted octanol–water partition coefficient (Wildman–Crippen LogP) is 2.94. The van der Waals surface area contributed by atoms with Gasteiger partial charge in [-0.05, 0) is 24.6 Å². The van der Waals surface area contributed by atoms with Crippen LogP contribution in [-0.4, -0.2) is 44.3 Å². The number of H-pyrrole nitrogens is 1. The van der Waals surface area contributed by atoms with E-state index in [1.165, 1.54) is 0 Å². The molecule has 28 heavy (non-hydrogen) atoms. The van der Waals surface area contributed by atoms with Gasteiger partial charge in [-0.2, -0.15) is 0 Å². The van der Waals surface area contributed by atoms with E-state index < -0.39 is 10.8 Å². The van der Waals surface area contributed by atoms with Crippen LogP contribution in [0.1, 0.15) is 25.0 Å². The van der Waals surface area contributed by atoms with Crippen LogP contribution in [0.2, 0.25) is 0 Å². The second-order valence-corrected chi connectivity index (χ2v) is 8.52. The van der Waals surface area contributed by atoms with Gasteiger partial charge in [-0.3, -0.25) is 9.19 Å². The van der Waals surface area contributed by atoms with Crippen LogP contribution >= 0.6 is 0 Å². The Bertz CT molecular complexity index is 974. The van der Waals surface area contributed by atoms with Crippen molar-refractivity contribution in [3.63, 3.8) is 0 Å². The SMILES string of the molecule is O=S(Cc1cc(OC2COC3(CCC3)OC2)ccn1)c1nc2ccccc2[nH]1. The molecule has 1 aliphatic carbocycles. The van der Waals surface area contributed by atoms with Gasteiger partial charge >= 0.3 is 0 Å². The van der Waals surface area contributed by atoms with Crippen molar-refractivity contribution in [2.45, 2.75) is 42.1 Å². The van der Waals surface area contributed by atoms with Crippen molar-refractivity contribution < 1.29 is 18.4 Å². The van der Waals surface area contributed by atoms with Gasteiger partial charge in [0, 0.05) is 25.1 Å². The largest absolute Gasteiger partial charge is 0.485 e. The van der Waals surface area contributed by atoms with Crippen LogP contribution in [0.5, 0.6) is 5.75 Å². The molecule has 3 aromatic rings. The van der Waals surface area contributed by atoms with E-state index in [0.717, 1.165) is 30.3 Å². The number of aromatic amines is 1. The molecule has 1 atom stereocenters. The Morgan fingerprint density at radius 2 is 2.04 bits per heavy atom. The fraction of sp³-hybridized carbons (Fsp3) is 0.400. The molecule has 2 fully saturated rings. The lowest BCUT2D eigenvalue weighted by atomic mass is 9.90. The number of nitrogens with one attached hydrogen (secondary N) is 1. The maximum absolute atomic E-state index is 12.7. The molecular weight excluding hydrogens is 378 g/mol. The highest BCUT2D eigenvalue weighted by Crippen LogP contribution is 2.39. The third kappa shape index (κ3) is 3.55. The van der Waals surface area contributed by atoms with E-state index in [1.807, 2.05) is 30.3 Å². The molecule has 8 heteroatoms. The Hall–Kier alpha value is -2.29. The van der Waals surface area contributed by atoms with Crippen molar-refractivity contribution in [2.24, 2.45) is 0 Å². The van der Waals surface area contributed by atoms with Gasteiger partial charge in [0.1, 0.15) is 11.9 Å². The average molecular weight is 399 g/mol. The molecule has 1 aromatic carbocycles. The summed E-state index contributed by atoms with van der Waals surface area (Å²) in [6, 6.07) is 11.2. The van der Waals surface area contributed by atoms with E-state index in [4.69, 9.17) is 14.2 Å². The molecule has 5 rings (SSSR count). The number of ether oxygens (including phenoxy) is 3. The number of aromatic nitrogens is 3. The van der Waals surface area contributed by atoms with Crippen LogP contribution in [0.25, 0.3) is 11.0 Å². The number of hydrogen-bond donors (Lipinski definition) is 1. The van der Waals surface area contributed by atoms with Crippen LogP contribution in [0.15, 0.2) is 47.8 Å². The zero-order valence-electron chi connectivity index (χ0n) is 15.3. The number of pyridine rings is 1. The van der Waals surface area contributed by atoms with Gasteiger partial charge in [0.15, 0.2) is 10.9 Å². The van der Waals surface area contributed by atoms with Crippen molar-refractivity contribution in [1.82, 2.24) is 15.0 Å². The lowest BCUT2D eigenvalue weighted by Gasteiger charge is -2.45. The molecule has 7 nitrogen and oxygen atoms in total. The number of rotatable bonds is 5. The topological polar surface area (TPSA) is 86.3 Å². The molecule has 1 unspecified atom stereocenters. The van der Waals surface area contributed by atoms with Crippen LogP contribution in [-0.2, 0) is 26.0 Å². The van der Waals surface area contributed by atoms with Gasteiger partial charge in [-0.15, -0.1) is 0 Å². The van der Waals surface area contributed by atoms with E-state index in [9.17, 15) is 4.21 Å². The molecular formula is C20H21N3O4S. The zero-order chi connectivity index (χ0) is 19.0. The molecule has 0 bridgehead atoms. The van der Waals surface area contributed by atoms with Crippen molar-refractivity contribution in [1.29, 1.82) is 0 Å². The molecule has 2 aliphatic rings. The van der Waals surface area contributed by atoms with E-state index in [2.05, 4.69) is 15.0 Å². The molecule has 1 spiro atoms. The minimum Gasteiger partial charge on any atom is -0.485 e. The van der Waals surface area contributed by atoms with Crippen LogP contribution in [0, 0.1) is 0 Å². The van der Waals surface area contributed by atoms with E-state index in [0.29, 0.717) is 29.8 Å². The maximum atomic E-state index is 12.7. The molecule has 146 valence electrons. The molecule has 1 saturated carbocycles. The Labute approximate surface area is 164 Å². The Morgan fingerprint density at radius 3 is 2.79 bits per heavy atom. The van der Waals surface area contributed by atoms with Gasteiger partial charge in [0.2, 0.25) is 0 Å². The molecule has 0 radical (unpaired) electrons. The molecule has 1 N–H and O–H groups in total. The Balaban J connectivity index is 1.23. The number of imidazole rings is 1. The van der Waals surface area contributed by atoms with Gasteiger partial charge in [0.25, 0.3) is 0 Å². The Kier molecular flexibility index (Phi) is 4.62. The smallest absolute Gasteiger partial charge is 0.197 e. The third-order valence-electron chi connectivity index (χ3n) is 5.13. The lowest BCUT2D eigenvalue weighted by Crippen LogP contribution is -2.52. The van der Waals surface area contributed by atoms with Crippen molar-refractivity contribution in [3.05, 3.63) is 48.3 Å². The Morgan fingerprint density at radius 1 is 1.21 bits per heavy atom. The quantitative estimate of drug-likeness (QED) is 0.710. The number of hydrogen-bond acceptors (Lipinski definition) is 6. The molecule has 0 amide bonds. The van der Waals surface area contributed by atoms with Gasteiger partial charge in [-0.1, -0.05) is 12.1 Å². The highest BCUT2D eigenvalue weighted by molar-refractivity contribution is 7.84. The summed E-state index contributed by atoms with van der Waals surface area (Å²) in [5.41, 5.74) is 2.36. The van der Waals surface area contributed by atoms with Crippen LogP contribution in [0.3, 0.4) is 0 Å². The average Bonchev–Trinajstić information content (AvgIpc) is 3.12. The summed E-state index contributed by atoms with van der Waals surface area (Å²) >= 11 is 0. The molecule has 1 saturated heterocycles. The third-order valence-corrected chi connectivity index (χ3v) is 6.32. The van der Waals surface area contributed by atoms with Crippen molar-refractivity contribution in [3.8, 4) is 5.75 Å². The normalized spacial score (nSPS) is 20.1. The number of benzene rings is 1. The minimum atomic E-state index is -1.32. The fourth-order valence-corrected chi connectivity index (χ4v) is 4.43. The summed E-state index contributed by atoms with van der Waals surface area (Å²) in [5.74, 6) is 0.582. The highest BCUT2D eigenvalue weighted by Gasteiger charge is 2.43. The van der Waals surface area contributed by atoms with E-state index in [1.54, 1.807) is 12.3 Å². The summed E-state index contributed by atoms with van der Waals surface area (Å²) in [7, 11) is -1.32. The summed E-state index contributed by atoms with van der Waals surface area (Å²) < 4.78 is 30.4. The first-order chi connectivity index (χ1) is 13.7. The van der Waals surface area contributed by atoms with Crippen molar-refractivity contribution in [2.75, 3.05) is 13.2 Å². The van der Waals surface area contributed by atoms with Gasteiger partial charge in [-0.25, -0.2) is 4.98 Å². The summed E-state index contributed by atoms with van der Waals surface area (Å²) in [6.07, 6.45) is 4.60. The second kappa shape index (κ2) is 7.27. The van der Waals surface area contributed by atoms with Crippen LogP contribution in [0.4, 0.5) is 0 Å². The first-order valence-electron chi connectivity index (χ1n) is 9.42. The molecule has 2 aromatic heterocycles. The van der Waals surface area contributed by atoms with Gasteiger partial charge in [0.05, 0.1) is 46.5 Å². The van der Waals surface area contributed by atoms with Crippen molar-refractivity contribution >= 4 is 21.8 Å².